The second kappa shape index (κ2) is 21.6. The minimum Gasteiger partial charge on any atom is -0.310 e. The summed E-state index contributed by atoms with van der Waals surface area (Å²) in [7, 11) is 0. The molecule has 18 rings (SSSR count). The maximum Gasteiger partial charge on any atom is 0.155 e. The molecule has 0 N–H and O–H groups in total. The number of para-hydroxylation sites is 7. The lowest BCUT2D eigenvalue weighted by Gasteiger charge is -2.28. The Morgan fingerprint density at radius 3 is 1.03 bits per heavy atom. The summed E-state index contributed by atoms with van der Waals surface area (Å²) in [5, 5.41) is 7.78. The molecule has 0 atom stereocenters. The van der Waals surface area contributed by atoms with Gasteiger partial charge >= 0.3 is 0 Å². The predicted molar refractivity (Wildman–Crippen MR) is 380 cm³/mol. The standard InChI is InChI=1S/C84H52F4N6/c85-54-23-15-32-60(51-54)89(56-24-5-1-6-25-56)69-40-19-44-73-78(69)63-34-16-35-64-79-70(41-20-45-74(79)93(73)83(63)64)90(57-26-7-2-8-27-57)61-50-53(49-55(86)52-61)62-33-18-48-77(82(62)88)92(59-30-11-4-12-31-59)72-43-22-47-76-81(72)66-37-17-36-65-80-71(42-21-46-75(80)94(76)84(65)66)91(58-28-9-3-10-29-58)68-39-14-13-38-67(68)87/h1-52H. The van der Waals surface area contributed by atoms with E-state index >= 15 is 17.6 Å². The molecule has 0 unspecified atom stereocenters. The van der Waals surface area contributed by atoms with E-state index in [1.54, 1.807) is 30.3 Å². The normalized spacial score (nSPS) is 11.8. The molecule has 94 heavy (non-hydrogen) atoms. The van der Waals surface area contributed by atoms with Gasteiger partial charge in [-0.15, -0.1) is 0 Å². The van der Waals surface area contributed by atoms with Crippen LogP contribution in [0.25, 0.3) is 87.3 Å². The van der Waals surface area contributed by atoms with Crippen molar-refractivity contribution in [2.45, 2.75) is 0 Å². The zero-order valence-electron chi connectivity index (χ0n) is 50.2. The summed E-state index contributed by atoms with van der Waals surface area (Å²) >= 11 is 0. The van der Waals surface area contributed by atoms with Crippen molar-refractivity contribution in [3.8, 4) is 11.1 Å². The van der Waals surface area contributed by atoms with Crippen molar-refractivity contribution in [1.29, 1.82) is 0 Å². The molecule has 0 saturated heterocycles. The van der Waals surface area contributed by atoms with Crippen LogP contribution in [-0.2, 0) is 0 Å². The predicted octanol–water partition coefficient (Wildman–Crippen LogP) is 24.1. The van der Waals surface area contributed by atoms with Crippen LogP contribution in [0.2, 0.25) is 0 Å². The second-order valence-electron chi connectivity index (χ2n) is 23.7. The number of hydrogen-bond acceptors (Lipinski definition) is 4. The van der Waals surface area contributed by atoms with E-state index in [1.807, 2.05) is 192 Å². The van der Waals surface area contributed by atoms with Crippen LogP contribution in [-0.4, -0.2) is 8.80 Å². The van der Waals surface area contributed by atoms with Gasteiger partial charge in [-0.3, -0.25) is 0 Å². The van der Waals surface area contributed by atoms with Crippen molar-refractivity contribution in [1.82, 2.24) is 8.80 Å². The van der Waals surface area contributed by atoms with Crippen molar-refractivity contribution in [2.75, 3.05) is 19.6 Å². The number of hydrogen-bond donors (Lipinski definition) is 0. The number of benzene rings is 14. The van der Waals surface area contributed by atoms with Gasteiger partial charge < -0.3 is 28.4 Å². The number of nitrogens with zero attached hydrogens (tertiary/aromatic N) is 6. The Morgan fingerprint density at radius 2 is 0.574 bits per heavy atom. The average molecular weight is 1220 g/mol. The third-order valence-corrected chi connectivity index (χ3v) is 18.5. The fraction of sp³-hybridized carbons (Fsp3) is 0. The lowest BCUT2D eigenvalue weighted by atomic mass is 10.00. The smallest absolute Gasteiger partial charge is 0.155 e. The third-order valence-electron chi connectivity index (χ3n) is 18.5. The highest BCUT2D eigenvalue weighted by Crippen LogP contribution is 2.53. The summed E-state index contributed by atoms with van der Waals surface area (Å²) in [5.41, 5.74) is 14.7. The largest absolute Gasteiger partial charge is 0.310 e. The van der Waals surface area contributed by atoms with E-state index in [0.29, 0.717) is 22.6 Å². The van der Waals surface area contributed by atoms with E-state index < -0.39 is 11.6 Å². The van der Waals surface area contributed by atoms with Crippen molar-refractivity contribution in [3.63, 3.8) is 0 Å². The van der Waals surface area contributed by atoms with Crippen molar-refractivity contribution in [3.05, 3.63) is 339 Å². The Morgan fingerprint density at radius 1 is 0.234 bits per heavy atom. The maximum atomic E-state index is 18.7. The van der Waals surface area contributed by atoms with Gasteiger partial charge in [0.05, 0.1) is 67.2 Å². The Bertz CT molecular complexity index is 5950. The molecule has 14 aromatic carbocycles. The molecule has 446 valence electrons. The Kier molecular flexibility index (Phi) is 12.6. The molecule has 18 aromatic rings. The summed E-state index contributed by atoms with van der Waals surface area (Å²) < 4.78 is 71.7. The number of halogens is 4. The maximum absolute atomic E-state index is 18.7. The van der Waals surface area contributed by atoms with E-state index in [-0.39, 0.29) is 22.9 Å². The van der Waals surface area contributed by atoms with Gasteiger partial charge in [-0.1, -0.05) is 164 Å². The summed E-state index contributed by atoms with van der Waals surface area (Å²) in [6.45, 7) is 0. The molecule has 4 aromatic heterocycles. The minimum absolute atomic E-state index is 0.216. The van der Waals surface area contributed by atoms with Crippen LogP contribution in [0.1, 0.15) is 0 Å². The zero-order chi connectivity index (χ0) is 62.7. The molecular formula is C84H52F4N6. The highest BCUT2D eigenvalue weighted by Gasteiger charge is 2.30. The SMILES string of the molecule is Fc1cccc(N(c2ccccc2)c2cccc3c2c2cccc4c5c(N(c6ccccc6)c6cc(F)cc(-c7cccc(N(c8ccccc8)c8cccc9c8c8cccc%10c%11c(N(c%12ccccc%12)c%12ccccc%12F)cccc%11n9c%108)c7F)c6)cccc5n3c24)c1. The molecule has 0 amide bonds. The highest BCUT2D eigenvalue weighted by atomic mass is 19.1. The molecule has 0 saturated carbocycles. The van der Waals surface area contributed by atoms with Crippen LogP contribution < -0.4 is 19.6 Å². The fourth-order valence-corrected chi connectivity index (χ4v) is 14.8. The summed E-state index contributed by atoms with van der Waals surface area (Å²) in [5.74, 6) is -1.74. The summed E-state index contributed by atoms with van der Waals surface area (Å²) in [6.07, 6.45) is 0. The number of aromatic nitrogens is 2. The molecule has 4 heterocycles. The first-order valence-electron chi connectivity index (χ1n) is 31.3. The summed E-state index contributed by atoms with van der Waals surface area (Å²) in [6, 6.07) is 101. The first-order valence-corrected chi connectivity index (χ1v) is 31.3. The zero-order valence-corrected chi connectivity index (χ0v) is 50.2. The number of anilines is 12. The second-order valence-corrected chi connectivity index (χ2v) is 23.7. The number of rotatable bonds is 13. The van der Waals surface area contributed by atoms with Crippen molar-refractivity contribution >= 4 is 144 Å². The minimum atomic E-state index is -0.536. The van der Waals surface area contributed by atoms with E-state index in [9.17, 15) is 0 Å². The van der Waals surface area contributed by atoms with E-state index in [4.69, 9.17) is 0 Å². The molecule has 0 bridgehead atoms. The van der Waals surface area contributed by atoms with Crippen LogP contribution in [0.4, 0.5) is 85.8 Å². The topological polar surface area (TPSA) is 21.8 Å². The van der Waals surface area contributed by atoms with E-state index in [0.717, 1.165) is 122 Å². The molecule has 0 radical (unpaired) electrons. The molecule has 0 spiro atoms. The van der Waals surface area contributed by atoms with Gasteiger partial charge in [0.2, 0.25) is 0 Å². The Hall–Kier alpha value is -12.4. The third kappa shape index (κ3) is 8.36. The molecule has 0 aliphatic rings. The molecule has 6 nitrogen and oxygen atoms in total. The molecule has 0 fully saturated rings. The molecule has 0 aliphatic carbocycles. The van der Waals surface area contributed by atoms with Crippen molar-refractivity contribution < 1.29 is 17.6 Å². The quantitative estimate of drug-likeness (QED) is 0.107. The van der Waals surface area contributed by atoms with E-state index in [2.05, 4.69) is 97.5 Å². The van der Waals surface area contributed by atoms with Crippen LogP contribution >= 0.6 is 0 Å². The summed E-state index contributed by atoms with van der Waals surface area (Å²) in [4.78, 5) is 8.14. The van der Waals surface area contributed by atoms with Crippen LogP contribution in [0, 0.1) is 23.3 Å². The van der Waals surface area contributed by atoms with Gasteiger partial charge in [-0.25, -0.2) is 17.6 Å². The van der Waals surface area contributed by atoms with Crippen LogP contribution in [0.3, 0.4) is 0 Å². The first-order chi connectivity index (χ1) is 46.4. The first kappa shape index (κ1) is 54.5. The van der Waals surface area contributed by atoms with E-state index in [1.165, 1.54) is 24.3 Å². The van der Waals surface area contributed by atoms with Crippen molar-refractivity contribution in [2.24, 2.45) is 0 Å². The van der Waals surface area contributed by atoms with Gasteiger partial charge in [-0.2, -0.15) is 0 Å². The monoisotopic (exact) mass is 1220 g/mol. The van der Waals surface area contributed by atoms with Crippen LogP contribution in [0.15, 0.2) is 315 Å². The molecule has 0 aliphatic heterocycles. The highest BCUT2D eigenvalue weighted by molar-refractivity contribution is 6.30. The lowest BCUT2D eigenvalue weighted by molar-refractivity contribution is 0.625. The molecular weight excluding hydrogens is 1170 g/mol. The van der Waals surface area contributed by atoms with Gasteiger partial charge in [0.25, 0.3) is 0 Å². The number of fused-ring (bicyclic) bond motifs is 12. The van der Waals surface area contributed by atoms with Gasteiger partial charge in [0, 0.05) is 82.8 Å². The lowest BCUT2D eigenvalue weighted by Crippen LogP contribution is -2.13. The molecule has 10 heteroatoms. The van der Waals surface area contributed by atoms with Gasteiger partial charge in [-0.05, 0) is 157 Å². The van der Waals surface area contributed by atoms with Crippen LogP contribution in [0.5, 0.6) is 0 Å². The Labute approximate surface area is 537 Å². The average Bonchev–Trinajstić information content (AvgIpc) is 1.54. The van der Waals surface area contributed by atoms with Gasteiger partial charge in [0.1, 0.15) is 17.5 Å². The fourth-order valence-electron chi connectivity index (χ4n) is 14.8. The Balaban J connectivity index is 0.794. The van der Waals surface area contributed by atoms with Gasteiger partial charge in [0.15, 0.2) is 5.82 Å².